The zero-order valence-electron chi connectivity index (χ0n) is 26.5. The second-order valence-electron chi connectivity index (χ2n) is 12.5. The fraction of sp³-hybridized carbons (Fsp3) is 0. The highest BCUT2D eigenvalue weighted by Gasteiger charge is 2.19. The third-order valence-corrected chi connectivity index (χ3v) is 9.66. The van der Waals surface area contributed by atoms with Crippen molar-refractivity contribution >= 4 is 71.6 Å². The summed E-state index contributed by atoms with van der Waals surface area (Å²) in [6.45, 7) is 0. The molecule has 0 amide bonds. The molecular formula is C45H29N3O. The molecule has 0 aliphatic carbocycles. The molecule has 4 nitrogen and oxygen atoms in total. The Balaban J connectivity index is 1.23. The van der Waals surface area contributed by atoms with Crippen LogP contribution in [0.5, 0.6) is 0 Å². The van der Waals surface area contributed by atoms with E-state index in [1.807, 2.05) is 12.3 Å². The number of anilines is 3. The number of aromatic nitrogens is 2. The Hall–Kier alpha value is -6.65. The van der Waals surface area contributed by atoms with Gasteiger partial charge in [0.25, 0.3) is 0 Å². The van der Waals surface area contributed by atoms with E-state index in [-0.39, 0.29) is 0 Å². The number of nitrogens with zero attached hydrogens (tertiary/aromatic N) is 3. The van der Waals surface area contributed by atoms with Crippen LogP contribution in [-0.2, 0) is 0 Å². The first-order valence-electron chi connectivity index (χ1n) is 16.5. The van der Waals surface area contributed by atoms with Crippen molar-refractivity contribution in [3.8, 4) is 16.8 Å². The summed E-state index contributed by atoms with van der Waals surface area (Å²) in [7, 11) is 0. The predicted octanol–water partition coefficient (Wildman–Crippen LogP) is 12.4. The fourth-order valence-electron chi connectivity index (χ4n) is 7.41. The Morgan fingerprint density at radius 3 is 2.00 bits per heavy atom. The van der Waals surface area contributed by atoms with E-state index in [0.29, 0.717) is 0 Å². The maximum Gasteiger partial charge on any atom is 0.153 e. The van der Waals surface area contributed by atoms with Gasteiger partial charge in [0.05, 0.1) is 17.2 Å². The molecule has 0 fully saturated rings. The lowest BCUT2D eigenvalue weighted by molar-refractivity contribution is 0.667. The van der Waals surface area contributed by atoms with E-state index >= 15 is 0 Å². The van der Waals surface area contributed by atoms with Gasteiger partial charge < -0.3 is 13.9 Å². The van der Waals surface area contributed by atoms with Gasteiger partial charge in [0.15, 0.2) is 5.58 Å². The van der Waals surface area contributed by atoms with Gasteiger partial charge in [-0.05, 0) is 88.6 Å². The van der Waals surface area contributed by atoms with Gasteiger partial charge in [-0.1, -0.05) is 97.1 Å². The van der Waals surface area contributed by atoms with E-state index < -0.39 is 0 Å². The molecule has 0 radical (unpaired) electrons. The minimum absolute atomic E-state index is 0.794. The standard InChI is InChI=1S/C45H29N3O/c1-3-9-30(10-4-1)31-15-19-34(20-16-31)47(35-21-17-32-18-24-43-45(40(32)27-35)39-25-26-46-29-44(39)49-43)36-22-23-38-37-13-7-8-14-41(37)48(42(38)28-36)33-11-5-2-6-12-33/h1-29H. The van der Waals surface area contributed by atoms with E-state index in [4.69, 9.17) is 4.42 Å². The first-order chi connectivity index (χ1) is 24.3. The van der Waals surface area contributed by atoms with Gasteiger partial charge in [0, 0.05) is 50.5 Å². The van der Waals surface area contributed by atoms with Crippen LogP contribution in [0.25, 0.3) is 71.3 Å². The Morgan fingerprint density at radius 1 is 0.469 bits per heavy atom. The molecule has 0 N–H and O–H groups in total. The third kappa shape index (κ3) is 4.42. The molecule has 0 unspecified atom stereocenters. The van der Waals surface area contributed by atoms with Crippen LogP contribution in [0.15, 0.2) is 181 Å². The largest absolute Gasteiger partial charge is 0.454 e. The molecule has 10 rings (SSSR count). The quantitative estimate of drug-likeness (QED) is 0.190. The van der Waals surface area contributed by atoms with Gasteiger partial charge in [-0.15, -0.1) is 0 Å². The van der Waals surface area contributed by atoms with Crippen molar-refractivity contribution < 1.29 is 4.42 Å². The zero-order chi connectivity index (χ0) is 32.3. The number of pyridine rings is 1. The van der Waals surface area contributed by atoms with Crippen LogP contribution < -0.4 is 4.90 Å². The number of hydrogen-bond acceptors (Lipinski definition) is 3. The molecule has 230 valence electrons. The minimum atomic E-state index is 0.794. The zero-order valence-corrected chi connectivity index (χ0v) is 26.5. The minimum Gasteiger partial charge on any atom is -0.454 e. The number of rotatable bonds is 5. The molecule has 0 aliphatic rings. The van der Waals surface area contributed by atoms with Crippen LogP contribution in [0.1, 0.15) is 0 Å². The van der Waals surface area contributed by atoms with Crippen molar-refractivity contribution in [3.05, 3.63) is 176 Å². The molecule has 3 aromatic heterocycles. The van der Waals surface area contributed by atoms with Gasteiger partial charge >= 0.3 is 0 Å². The van der Waals surface area contributed by atoms with Crippen molar-refractivity contribution in [2.45, 2.75) is 0 Å². The van der Waals surface area contributed by atoms with Gasteiger partial charge in [0.2, 0.25) is 0 Å². The second-order valence-corrected chi connectivity index (χ2v) is 12.5. The van der Waals surface area contributed by atoms with Gasteiger partial charge in [-0.3, -0.25) is 4.98 Å². The lowest BCUT2D eigenvalue weighted by Crippen LogP contribution is -2.10. The molecule has 0 saturated heterocycles. The molecule has 10 aromatic rings. The first kappa shape index (κ1) is 27.5. The lowest BCUT2D eigenvalue weighted by atomic mass is 10.0. The Bertz CT molecular complexity index is 2820. The molecule has 49 heavy (non-hydrogen) atoms. The highest BCUT2D eigenvalue weighted by Crippen LogP contribution is 2.42. The highest BCUT2D eigenvalue weighted by atomic mass is 16.3. The van der Waals surface area contributed by atoms with Crippen molar-refractivity contribution in [1.29, 1.82) is 0 Å². The Morgan fingerprint density at radius 2 is 1.14 bits per heavy atom. The van der Waals surface area contributed by atoms with Crippen molar-refractivity contribution in [1.82, 2.24) is 9.55 Å². The van der Waals surface area contributed by atoms with Crippen LogP contribution in [0.2, 0.25) is 0 Å². The number of furan rings is 1. The summed E-state index contributed by atoms with van der Waals surface area (Å²) in [4.78, 5) is 6.67. The number of hydrogen-bond donors (Lipinski definition) is 0. The molecule has 0 atom stereocenters. The molecule has 4 heteroatoms. The SMILES string of the molecule is c1ccc(-c2ccc(N(c3ccc4ccc5oc6cnccc6c5c4c3)c3ccc4c5ccccc5n(-c5ccccc5)c4c3)cc2)cc1. The number of fused-ring (bicyclic) bond motifs is 8. The molecular weight excluding hydrogens is 599 g/mol. The van der Waals surface area contributed by atoms with E-state index in [2.05, 4.69) is 172 Å². The third-order valence-electron chi connectivity index (χ3n) is 9.66. The molecule has 3 heterocycles. The normalized spacial score (nSPS) is 11.7. The Labute approximate surface area is 282 Å². The average Bonchev–Trinajstić information content (AvgIpc) is 3.72. The smallest absolute Gasteiger partial charge is 0.153 e. The molecule has 7 aromatic carbocycles. The van der Waals surface area contributed by atoms with Crippen molar-refractivity contribution in [2.24, 2.45) is 0 Å². The van der Waals surface area contributed by atoms with E-state index in [1.54, 1.807) is 6.20 Å². The van der Waals surface area contributed by atoms with E-state index in [0.717, 1.165) is 61.0 Å². The summed E-state index contributed by atoms with van der Waals surface area (Å²) in [6.07, 6.45) is 3.63. The average molecular weight is 628 g/mol. The fourth-order valence-corrected chi connectivity index (χ4v) is 7.41. The Kier molecular flexibility index (Phi) is 6.15. The first-order valence-corrected chi connectivity index (χ1v) is 16.5. The highest BCUT2D eigenvalue weighted by molar-refractivity contribution is 6.19. The molecule has 0 bridgehead atoms. The summed E-state index contributed by atoms with van der Waals surface area (Å²) in [5.41, 5.74) is 10.7. The van der Waals surface area contributed by atoms with Crippen LogP contribution in [0, 0.1) is 0 Å². The number of para-hydroxylation sites is 2. The predicted molar refractivity (Wildman–Crippen MR) is 203 cm³/mol. The molecule has 0 saturated carbocycles. The van der Waals surface area contributed by atoms with Crippen LogP contribution in [-0.4, -0.2) is 9.55 Å². The van der Waals surface area contributed by atoms with E-state index in [9.17, 15) is 0 Å². The van der Waals surface area contributed by atoms with Crippen molar-refractivity contribution in [3.63, 3.8) is 0 Å². The monoisotopic (exact) mass is 627 g/mol. The lowest BCUT2D eigenvalue weighted by Gasteiger charge is -2.26. The van der Waals surface area contributed by atoms with Crippen LogP contribution in [0.4, 0.5) is 17.1 Å². The maximum absolute atomic E-state index is 6.24. The summed E-state index contributed by atoms with van der Waals surface area (Å²) >= 11 is 0. The van der Waals surface area contributed by atoms with E-state index in [1.165, 1.54) is 27.4 Å². The van der Waals surface area contributed by atoms with Gasteiger partial charge in [0.1, 0.15) is 5.58 Å². The summed E-state index contributed by atoms with van der Waals surface area (Å²) < 4.78 is 8.61. The number of benzene rings is 7. The summed E-state index contributed by atoms with van der Waals surface area (Å²) in [5.74, 6) is 0. The molecule has 0 aliphatic heterocycles. The second kappa shape index (κ2) is 11.0. The van der Waals surface area contributed by atoms with Crippen molar-refractivity contribution in [2.75, 3.05) is 4.90 Å². The van der Waals surface area contributed by atoms with Gasteiger partial charge in [-0.2, -0.15) is 0 Å². The van der Waals surface area contributed by atoms with Gasteiger partial charge in [-0.25, -0.2) is 0 Å². The molecule has 0 spiro atoms. The summed E-state index contributed by atoms with van der Waals surface area (Å²) in [6, 6.07) is 58.6. The maximum atomic E-state index is 6.24. The topological polar surface area (TPSA) is 34.2 Å². The van der Waals surface area contributed by atoms with Crippen LogP contribution in [0.3, 0.4) is 0 Å². The van der Waals surface area contributed by atoms with Crippen LogP contribution >= 0.6 is 0 Å². The summed E-state index contributed by atoms with van der Waals surface area (Å²) in [5, 5.41) is 6.94.